The molecule has 1 unspecified atom stereocenters. The van der Waals surface area contributed by atoms with Gasteiger partial charge in [-0.3, -0.25) is 0 Å². The normalized spacial score (nSPS) is 22.7. The summed E-state index contributed by atoms with van der Waals surface area (Å²) in [7, 11) is 0. The second-order valence-corrected chi connectivity index (χ2v) is 4.67. The van der Waals surface area contributed by atoms with Crippen molar-refractivity contribution in [3.8, 4) is 0 Å². The molecule has 0 spiro atoms. The number of alkyl halides is 1. The van der Waals surface area contributed by atoms with Gasteiger partial charge in [0.1, 0.15) is 5.01 Å². The van der Waals surface area contributed by atoms with Crippen molar-refractivity contribution in [2.24, 2.45) is 0 Å². The SMILES string of the molecule is Cc1nnc(N2CCOC(CCl)C2)s1. The Morgan fingerprint density at radius 2 is 2.50 bits per heavy atom. The fraction of sp³-hybridized carbons (Fsp3) is 0.750. The maximum absolute atomic E-state index is 5.75. The Morgan fingerprint density at radius 1 is 1.64 bits per heavy atom. The van der Waals surface area contributed by atoms with Gasteiger partial charge < -0.3 is 9.64 Å². The van der Waals surface area contributed by atoms with Gasteiger partial charge in [-0.25, -0.2) is 0 Å². The molecular formula is C8H12ClN3OS. The molecule has 1 aromatic heterocycles. The average molecular weight is 234 g/mol. The third-order valence-electron chi connectivity index (χ3n) is 2.10. The van der Waals surface area contributed by atoms with Crippen LogP contribution in [-0.2, 0) is 4.74 Å². The fourth-order valence-electron chi connectivity index (χ4n) is 1.40. The van der Waals surface area contributed by atoms with Gasteiger partial charge in [-0.2, -0.15) is 0 Å². The molecule has 1 aliphatic rings. The summed E-state index contributed by atoms with van der Waals surface area (Å²) in [5, 5.41) is 10.1. The van der Waals surface area contributed by atoms with Crippen LogP contribution in [0.4, 0.5) is 5.13 Å². The molecule has 6 heteroatoms. The molecule has 2 heterocycles. The highest BCUT2D eigenvalue weighted by Gasteiger charge is 2.21. The minimum absolute atomic E-state index is 0.120. The molecule has 4 nitrogen and oxygen atoms in total. The van der Waals surface area contributed by atoms with Crippen molar-refractivity contribution in [1.29, 1.82) is 0 Å². The summed E-state index contributed by atoms with van der Waals surface area (Å²) >= 11 is 7.37. The fourth-order valence-corrected chi connectivity index (χ4v) is 2.31. The van der Waals surface area contributed by atoms with Gasteiger partial charge in [0.25, 0.3) is 0 Å². The van der Waals surface area contributed by atoms with Crippen molar-refractivity contribution in [2.75, 3.05) is 30.5 Å². The molecule has 0 amide bonds. The number of halogens is 1. The third-order valence-corrected chi connectivity index (χ3v) is 3.34. The first kappa shape index (κ1) is 10.1. The van der Waals surface area contributed by atoms with Gasteiger partial charge >= 0.3 is 0 Å². The molecule has 0 aliphatic carbocycles. The van der Waals surface area contributed by atoms with Gasteiger partial charge in [0.15, 0.2) is 0 Å². The molecule has 0 saturated carbocycles. The number of hydrogen-bond acceptors (Lipinski definition) is 5. The van der Waals surface area contributed by atoms with E-state index in [1.54, 1.807) is 11.3 Å². The van der Waals surface area contributed by atoms with E-state index in [1.165, 1.54) is 0 Å². The Bertz CT molecular complexity index is 307. The highest BCUT2D eigenvalue weighted by atomic mass is 35.5. The predicted octanol–water partition coefficient (Wildman–Crippen LogP) is 1.29. The number of nitrogens with zero attached hydrogens (tertiary/aromatic N) is 3. The molecule has 0 radical (unpaired) electrons. The Labute approximate surface area is 91.8 Å². The van der Waals surface area contributed by atoms with Crippen LogP contribution in [0.2, 0.25) is 0 Å². The molecular weight excluding hydrogens is 222 g/mol. The second-order valence-electron chi connectivity index (χ2n) is 3.20. The van der Waals surface area contributed by atoms with Crippen molar-refractivity contribution in [3.05, 3.63) is 5.01 Å². The number of morpholine rings is 1. The van der Waals surface area contributed by atoms with Crippen molar-refractivity contribution in [2.45, 2.75) is 13.0 Å². The topological polar surface area (TPSA) is 38.2 Å². The van der Waals surface area contributed by atoms with Crippen LogP contribution in [0, 0.1) is 6.92 Å². The first-order valence-electron chi connectivity index (χ1n) is 4.52. The highest BCUT2D eigenvalue weighted by Crippen LogP contribution is 2.21. The second kappa shape index (κ2) is 4.42. The number of aryl methyl sites for hydroxylation is 1. The molecule has 0 aromatic carbocycles. The summed E-state index contributed by atoms with van der Waals surface area (Å²) in [6.45, 7) is 4.37. The molecule has 0 bridgehead atoms. The zero-order chi connectivity index (χ0) is 9.97. The summed E-state index contributed by atoms with van der Waals surface area (Å²) in [5.41, 5.74) is 0. The van der Waals surface area contributed by atoms with Gasteiger partial charge in [-0.1, -0.05) is 11.3 Å². The molecule has 2 rings (SSSR count). The van der Waals surface area contributed by atoms with Crippen molar-refractivity contribution >= 4 is 28.1 Å². The Balaban J connectivity index is 2.04. The van der Waals surface area contributed by atoms with E-state index in [1.807, 2.05) is 6.92 Å². The van der Waals surface area contributed by atoms with E-state index in [2.05, 4.69) is 15.1 Å². The van der Waals surface area contributed by atoms with Crippen LogP contribution in [0.15, 0.2) is 0 Å². The minimum Gasteiger partial charge on any atom is -0.373 e. The maximum atomic E-state index is 5.75. The van der Waals surface area contributed by atoms with Crippen LogP contribution >= 0.6 is 22.9 Å². The molecule has 1 saturated heterocycles. The molecule has 1 fully saturated rings. The summed E-state index contributed by atoms with van der Waals surface area (Å²) in [4.78, 5) is 2.18. The minimum atomic E-state index is 0.120. The number of hydrogen-bond donors (Lipinski definition) is 0. The van der Waals surface area contributed by atoms with Crippen LogP contribution in [-0.4, -0.2) is 41.9 Å². The molecule has 78 valence electrons. The third kappa shape index (κ3) is 2.16. The number of aromatic nitrogens is 2. The first-order chi connectivity index (χ1) is 6.79. The Kier molecular flexibility index (Phi) is 3.20. The summed E-state index contributed by atoms with van der Waals surface area (Å²) in [5.74, 6) is 0.536. The summed E-state index contributed by atoms with van der Waals surface area (Å²) < 4.78 is 5.47. The predicted molar refractivity (Wildman–Crippen MR) is 57.3 cm³/mol. The number of anilines is 1. The number of rotatable bonds is 2. The van der Waals surface area contributed by atoms with Crippen LogP contribution in [0.1, 0.15) is 5.01 Å². The standard InChI is InChI=1S/C8H12ClN3OS/c1-6-10-11-8(14-6)12-2-3-13-7(4-9)5-12/h7H,2-5H2,1H3. The molecule has 1 aliphatic heterocycles. The van der Waals surface area contributed by atoms with Crippen molar-refractivity contribution in [3.63, 3.8) is 0 Å². The van der Waals surface area contributed by atoms with E-state index in [9.17, 15) is 0 Å². The van der Waals surface area contributed by atoms with Crippen LogP contribution in [0.5, 0.6) is 0 Å². The zero-order valence-corrected chi connectivity index (χ0v) is 9.51. The lowest BCUT2D eigenvalue weighted by Crippen LogP contribution is -2.43. The van der Waals surface area contributed by atoms with Crippen LogP contribution in [0.3, 0.4) is 0 Å². The summed E-state index contributed by atoms with van der Waals surface area (Å²) in [6.07, 6.45) is 0.120. The van der Waals surface area contributed by atoms with E-state index in [0.29, 0.717) is 5.88 Å². The van der Waals surface area contributed by atoms with Gasteiger partial charge in [0.2, 0.25) is 5.13 Å². The average Bonchev–Trinajstić information content (AvgIpc) is 2.65. The van der Waals surface area contributed by atoms with Crippen LogP contribution in [0.25, 0.3) is 0 Å². The first-order valence-corrected chi connectivity index (χ1v) is 5.87. The smallest absolute Gasteiger partial charge is 0.208 e. The van der Waals surface area contributed by atoms with E-state index in [0.717, 1.165) is 29.8 Å². The Hall–Kier alpha value is -0.390. The van der Waals surface area contributed by atoms with E-state index < -0.39 is 0 Å². The zero-order valence-electron chi connectivity index (χ0n) is 7.94. The number of ether oxygens (including phenoxy) is 1. The van der Waals surface area contributed by atoms with E-state index in [4.69, 9.17) is 16.3 Å². The molecule has 1 atom stereocenters. The lowest BCUT2D eigenvalue weighted by molar-refractivity contribution is 0.0554. The van der Waals surface area contributed by atoms with E-state index in [-0.39, 0.29) is 6.10 Å². The van der Waals surface area contributed by atoms with Crippen molar-refractivity contribution in [1.82, 2.24) is 10.2 Å². The van der Waals surface area contributed by atoms with Crippen LogP contribution < -0.4 is 4.90 Å². The Morgan fingerprint density at radius 3 is 3.14 bits per heavy atom. The lowest BCUT2D eigenvalue weighted by Gasteiger charge is -2.31. The molecule has 1 aromatic rings. The largest absolute Gasteiger partial charge is 0.373 e. The maximum Gasteiger partial charge on any atom is 0.208 e. The lowest BCUT2D eigenvalue weighted by atomic mass is 10.3. The monoisotopic (exact) mass is 233 g/mol. The van der Waals surface area contributed by atoms with Crippen molar-refractivity contribution < 1.29 is 4.74 Å². The van der Waals surface area contributed by atoms with E-state index >= 15 is 0 Å². The highest BCUT2D eigenvalue weighted by molar-refractivity contribution is 7.15. The molecule has 14 heavy (non-hydrogen) atoms. The van der Waals surface area contributed by atoms with Gasteiger partial charge in [0, 0.05) is 13.1 Å². The van der Waals surface area contributed by atoms with Gasteiger partial charge in [-0.05, 0) is 6.92 Å². The van der Waals surface area contributed by atoms with Gasteiger partial charge in [-0.15, -0.1) is 21.8 Å². The van der Waals surface area contributed by atoms with Gasteiger partial charge in [0.05, 0.1) is 18.6 Å². The quantitative estimate of drug-likeness (QED) is 0.722. The summed E-state index contributed by atoms with van der Waals surface area (Å²) in [6, 6.07) is 0. The molecule has 0 N–H and O–H groups in total.